The number of nitrogens with two attached hydrogens (primary N) is 1. The van der Waals surface area contributed by atoms with Gasteiger partial charge in [-0.15, -0.1) is 0 Å². The summed E-state index contributed by atoms with van der Waals surface area (Å²) in [5.74, 6) is 0.964. The highest BCUT2D eigenvalue weighted by molar-refractivity contribution is 5.85. The summed E-state index contributed by atoms with van der Waals surface area (Å²) in [7, 11) is 1.76. The van der Waals surface area contributed by atoms with Gasteiger partial charge in [-0.05, 0) is 99.3 Å². The fourth-order valence-electron chi connectivity index (χ4n) is 9.11. The molecule has 30 heavy (non-hydrogen) atoms. The van der Waals surface area contributed by atoms with Gasteiger partial charge in [0.25, 0.3) is 0 Å². The van der Waals surface area contributed by atoms with Crippen molar-refractivity contribution in [3.8, 4) is 6.07 Å². The highest BCUT2D eigenvalue weighted by atomic mass is 16.4. The average Bonchev–Trinajstić information content (AvgIpc) is 3.61. The van der Waals surface area contributed by atoms with Crippen LogP contribution < -0.4 is 11.1 Å². The average molecular weight is 413 g/mol. The van der Waals surface area contributed by atoms with E-state index in [0.29, 0.717) is 24.2 Å². The van der Waals surface area contributed by atoms with Crippen LogP contribution in [-0.2, 0) is 9.59 Å². The number of nitriles is 1. The lowest BCUT2D eigenvalue weighted by molar-refractivity contribution is -0.160. The number of carboxylic acids is 1. The summed E-state index contributed by atoms with van der Waals surface area (Å²) in [5.41, 5.74) is 5.76. The van der Waals surface area contributed by atoms with Crippen LogP contribution in [0.5, 0.6) is 0 Å². The molecule has 6 aliphatic carbocycles. The molecule has 0 radical (unpaired) electrons. The molecule has 0 aromatic carbocycles. The Labute approximate surface area is 177 Å². The molecule has 1 heterocycles. The number of likely N-dealkylation sites (tertiary alicyclic amines) is 1. The summed E-state index contributed by atoms with van der Waals surface area (Å²) in [4.78, 5) is 27.5. The number of carboxylic acid groups (broad SMARTS) is 1. The molecule has 162 valence electrons. The number of fused-ring (bicyclic) bond motifs is 1. The Balaban J connectivity index is 1.30. The SMILES string of the molecule is CNC1(C(=O)O)C[C@H]1C12CC3C[C@H](CC([C@H](N)C(=O)N4C5CC5C[C@H]4C#N)(C3)C1)C2. The van der Waals surface area contributed by atoms with Crippen LogP contribution >= 0.6 is 0 Å². The van der Waals surface area contributed by atoms with E-state index in [4.69, 9.17) is 5.73 Å². The maximum atomic E-state index is 13.6. The molecule has 1 aliphatic heterocycles. The molecule has 7 fully saturated rings. The van der Waals surface area contributed by atoms with Gasteiger partial charge in [-0.25, -0.2) is 0 Å². The second-order valence-corrected chi connectivity index (χ2v) is 11.6. The fourth-order valence-corrected chi connectivity index (χ4v) is 9.11. The van der Waals surface area contributed by atoms with Crippen LogP contribution in [0.3, 0.4) is 0 Å². The van der Waals surface area contributed by atoms with Crippen LogP contribution in [0.1, 0.15) is 57.8 Å². The van der Waals surface area contributed by atoms with Gasteiger partial charge in [-0.1, -0.05) is 0 Å². The topological polar surface area (TPSA) is 119 Å². The molecule has 6 saturated carbocycles. The second kappa shape index (κ2) is 5.77. The number of likely N-dealkylation sites (N-methyl/N-ethyl adjacent to an activating group) is 1. The van der Waals surface area contributed by atoms with Crippen molar-refractivity contribution in [3.05, 3.63) is 0 Å². The van der Waals surface area contributed by atoms with Gasteiger partial charge in [0.15, 0.2) is 0 Å². The van der Waals surface area contributed by atoms with Gasteiger partial charge in [0, 0.05) is 6.04 Å². The molecular formula is C23H32N4O3. The van der Waals surface area contributed by atoms with Gasteiger partial charge in [0.1, 0.15) is 11.6 Å². The van der Waals surface area contributed by atoms with Crippen LogP contribution in [-0.4, -0.2) is 52.6 Å². The first-order valence-corrected chi connectivity index (χ1v) is 11.7. The van der Waals surface area contributed by atoms with Crippen LogP contribution in [0.2, 0.25) is 0 Å². The number of nitrogens with zero attached hydrogens (tertiary/aromatic N) is 2. The Hall–Kier alpha value is -1.65. The summed E-state index contributed by atoms with van der Waals surface area (Å²) in [6, 6.07) is 1.67. The van der Waals surface area contributed by atoms with Crippen molar-refractivity contribution in [3.63, 3.8) is 0 Å². The molecule has 1 amide bonds. The first kappa shape index (κ1) is 19.1. The molecule has 0 aromatic heterocycles. The molecule has 6 unspecified atom stereocenters. The van der Waals surface area contributed by atoms with Gasteiger partial charge in [-0.3, -0.25) is 9.59 Å². The number of piperidine rings is 1. The number of carbonyl (C=O) groups is 2. The molecule has 0 aromatic rings. The van der Waals surface area contributed by atoms with Crippen molar-refractivity contribution in [2.45, 2.75) is 81.5 Å². The summed E-state index contributed by atoms with van der Waals surface area (Å²) in [6.45, 7) is 0. The van der Waals surface area contributed by atoms with Crippen LogP contribution in [0, 0.1) is 45.8 Å². The predicted octanol–water partition coefficient (Wildman–Crippen LogP) is 1.48. The summed E-state index contributed by atoms with van der Waals surface area (Å²) >= 11 is 0. The highest BCUT2D eigenvalue weighted by Crippen LogP contribution is 2.73. The summed E-state index contributed by atoms with van der Waals surface area (Å²) in [5, 5.41) is 22.6. The molecule has 0 spiro atoms. The van der Waals surface area contributed by atoms with Gasteiger partial charge in [0.05, 0.1) is 12.1 Å². The Morgan fingerprint density at radius 1 is 1.17 bits per heavy atom. The Morgan fingerprint density at radius 2 is 1.87 bits per heavy atom. The molecule has 4 N–H and O–H groups in total. The van der Waals surface area contributed by atoms with E-state index in [1.54, 1.807) is 7.05 Å². The Bertz CT molecular complexity index is 853. The number of hydrogen-bond donors (Lipinski definition) is 3. The largest absolute Gasteiger partial charge is 0.480 e. The monoisotopic (exact) mass is 412 g/mol. The molecule has 7 heteroatoms. The standard InChI is InChI=1S/C23H32N4O3/c1-26-23(20(29)30)9-17(23)21-5-12-2-13(6-21)8-22(7-12,11-21)18(25)19(28)27-15(10-24)3-14-4-16(14)27/h12-18,26H,2-9,11,25H2,1H3,(H,29,30)/t12-,13?,14?,15-,16?,17-,18+,21?,22?,23?/m0/s1. The molecule has 7 aliphatic rings. The summed E-state index contributed by atoms with van der Waals surface area (Å²) in [6.07, 6.45) is 8.73. The van der Waals surface area contributed by atoms with Crippen molar-refractivity contribution < 1.29 is 14.7 Å². The third kappa shape index (κ3) is 2.27. The number of nitrogens with one attached hydrogen (secondary N) is 1. The van der Waals surface area contributed by atoms with E-state index >= 15 is 0 Å². The van der Waals surface area contributed by atoms with Crippen LogP contribution in [0.25, 0.3) is 0 Å². The van der Waals surface area contributed by atoms with Gasteiger partial charge in [-0.2, -0.15) is 5.26 Å². The number of hydrogen-bond acceptors (Lipinski definition) is 5. The van der Waals surface area contributed by atoms with E-state index in [1.807, 2.05) is 4.90 Å². The lowest BCUT2D eigenvalue weighted by Crippen LogP contribution is -2.64. The van der Waals surface area contributed by atoms with Crippen molar-refractivity contribution in [2.75, 3.05) is 7.05 Å². The molecule has 1 saturated heterocycles. The van der Waals surface area contributed by atoms with Crippen molar-refractivity contribution in [1.82, 2.24) is 10.2 Å². The molecule has 10 atom stereocenters. The minimum atomic E-state index is -0.803. The fraction of sp³-hybridized carbons (Fsp3) is 0.870. The third-order valence-corrected chi connectivity index (χ3v) is 10.1. The van der Waals surface area contributed by atoms with E-state index in [2.05, 4.69) is 11.4 Å². The van der Waals surface area contributed by atoms with Crippen LogP contribution in [0.15, 0.2) is 0 Å². The van der Waals surface area contributed by atoms with Crippen LogP contribution in [0.4, 0.5) is 0 Å². The normalized spacial score (nSPS) is 53.2. The summed E-state index contributed by atoms with van der Waals surface area (Å²) < 4.78 is 0. The molecule has 7 rings (SSSR count). The highest BCUT2D eigenvalue weighted by Gasteiger charge is 2.73. The van der Waals surface area contributed by atoms with E-state index in [0.717, 1.165) is 44.9 Å². The molecule has 4 bridgehead atoms. The van der Waals surface area contributed by atoms with E-state index in [-0.39, 0.29) is 34.7 Å². The third-order valence-electron chi connectivity index (χ3n) is 10.1. The first-order chi connectivity index (χ1) is 14.3. The van der Waals surface area contributed by atoms with Crippen molar-refractivity contribution >= 4 is 11.9 Å². The zero-order valence-electron chi connectivity index (χ0n) is 17.6. The zero-order valence-corrected chi connectivity index (χ0v) is 17.6. The van der Waals surface area contributed by atoms with Crippen molar-refractivity contribution in [1.29, 1.82) is 5.26 Å². The number of carbonyl (C=O) groups excluding carboxylic acids is 1. The maximum absolute atomic E-state index is 13.6. The van der Waals surface area contributed by atoms with Gasteiger partial charge in [0.2, 0.25) is 5.91 Å². The number of aliphatic carboxylic acids is 1. The number of amides is 1. The Morgan fingerprint density at radius 3 is 2.43 bits per heavy atom. The molecular weight excluding hydrogens is 380 g/mol. The quantitative estimate of drug-likeness (QED) is 0.629. The van der Waals surface area contributed by atoms with Gasteiger partial charge >= 0.3 is 5.97 Å². The lowest BCUT2D eigenvalue weighted by atomic mass is 9.41. The minimum Gasteiger partial charge on any atom is -0.480 e. The first-order valence-electron chi connectivity index (χ1n) is 11.7. The smallest absolute Gasteiger partial charge is 0.324 e. The predicted molar refractivity (Wildman–Crippen MR) is 108 cm³/mol. The number of rotatable bonds is 5. The van der Waals surface area contributed by atoms with Gasteiger partial charge < -0.3 is 21.1 Å². The zero-order chi connectivity index (χ0) is 21.1. The van der Waals surface area contributed by atoms with E-state index in [1.165, 1.54) is 6.42 Å². The Kier molecular flexibility index (Phi) is 3.67. The second-order valence-electron chi connectivity index (χ2n) is 11.6. The lowest BCUT2D eigenvalue weighted by Gasteiger charge is -2.64. The van der Waals surface area contributed by atoms with E-state index < -0.39 is 17.6 Å². The van der Waals surface area contributed by atoms with Crippen molar-refractivity contribution in [2.24, 2.45) is 40.2 Å². The maximum Gasteiger partial charge on any atom is 0.324 e. The minimum absolute atomic E-state index is 0.00879. The molecule has 7 nitrogen and oxygen atoms in total. The van der Waals surface area contributed by atoms with E-state index in [9.17, 15) is 20.0 Å².